The number of nitrogens with one attached hydrogen (secondary N) is 1. The SMILES string of the molecule is CCOC(=O)C(C#N)=NNc1c(F)cccc1F. The van der Waals surface area contributed by atoms with Crippen LogP contribution >= 0.6 is 0 Å². The van der Waals surface area contributed by atoms with Crippen molar-refractivity contribution < 1.29 is 18.3 Å². The summed E-state index contributed by atoms with van der Waals surface area (Å²) in [5.74, 6) is -2.75. The molecule has 0 aromatic heterocycles. The van der Waals surface area contributed by atoms with Gasteiger partial charge in [0.1, 0.15) is 11.8 Å². The van der Waals surface area contributed by atoms with Gasteiger partial charge >= 0.3 is 5.97 Å². The van der Waals surface area contributed by atoms with Crippen LogP contribution in [0.3, 0.4) is 0 Å². The Bertz CT molecular complexity index is 503. The van der Waals surface area contributed by atoms with E-state index < -0.39 is 29.0 Å². The van der Waals surface area contributed by atoms with E-state index in [1.54, 1.807) is 6.92 Å². The molecule has 1 aromatic rings. The lowest BCUT2D eigenvalue weighted by molar-refractivity contribution is -0.134. The Morgan fingerprint density at radius 2 is 2.11 bits per heavy atom. The Kier molecular flexibility index (Phi) is 4.75. The molecule has 0 unspecified atom stereocenters. The third-order valence-electron chi connectivity index (χ3n) is 1.82. The number of hydrogen-bond donors (Lipinski definition) is 1. The zero-order chi connectivity index (χ0) is 13.5. The van der Waals surface area contributed by atoms with Crippen molar-refractivity contribution in [2.45, 2.75) is 6.92 Å². The summed E-state index contributed by atoms with van der Waals surface area (Å²) in [5, 5.41) is 11.9. The molecule has 0 amide bonds. The minimum Gasteiger partial charge on any atom is -0.461 e. The van der Waals surface area contributed by atoms with E-state index in [0.29, 0.717) is 0 Å². The molecule has 5 nitrogen and oxygen atoms in total. The second-order valence-corrected chi connectivity index (χ2v) is 3.00. The number of nitrogens with zero attached hydrogens (tertiary/aromatic N) is 2. The van der Waals surface area contributed by atoms with Crippen LogP contribution in [-0.2, 0) is 9.53 Å². The monoisotopic (exact) mass is 253 g/mol. The molecular weight excluding hydrogens is 244 g/mol. The summed E-state index contributed by atoms with van der Waals surface area (Å²) in [7, 11) is 0. The van der Waals surface area contributed by atoms with E-state index in [4.69, 9.17) is 5.26 Å². The molecule has 0 spiro atoms. The summed E-state index contributed by atoms with van der Waals surface area (Å²) in [6, 6.07) is 4.66. The van der Waals surface area contributed by atoms with Crippen LogP contribution in [0.5, 0.6) is 0 Å². The van der Waals surface area contributed by atoms with Crippen LogP contribution in [0.25, 0.3) is 0 Å². The molecular formula is C11H9F2N3O2. The zero-order valence-corrected chi connectivity index (χ0v) is 9.41. The summed E-state index contributed by atoms with van der Waals surface area (Å²) in [4.78, 5) is 11.2. The van der Waals surface area contributed by atoms with Crippen LogP contribution in [0.4, 0.5) is 14.5 Å². The van der Waals surface area contributed by atoms with Gasteiger partial charge in [-0.25, -0.2) is 13.6 Å². The topological polar surface area (TPSA) is 74.5 Å². The molecule has 0 fully saturated rings. The molecule has 0 atom stereocenters. The molecule has 0 radical (unpaired) electrons. The Labute approximate surface area is 102 Å². The first-order valence-electron chi connectivity index (χ1n) is 4.95. The van der Waals surface area contributed by atoms with Gasteiger partial charge in [-0.1, -0.05) is 6.07 Å². The van der Waals surface area contributed by atoms with Gasteiger partial charge in [-0.05, 0) is 19.1 Å². The van der Waals surface area contributed by atoms with Crippen molar-refractivity contribution in [3.8, 4) is 6.07 Å². The molecule has 1 aromatic carbocycles. The predicted octanol–water partition coefficient (Wildman–Crippen LogP) is 1.82. The minimum absolute atomic E-state index is 0.0631. The van der Waals surface area contributed by atoms with Crippen molar-refractivity contribution in [1.29, 1.82) is 5.26 Å². The van der Waals surface area contributed by atoms with E-state index in [0.717, 1.165) is 12.1 Å². The number of anilines is 1. The van der Waals surface area contributed by atoms with Crippen molar-refractivity contribution in [2.75, 3.05) is 12.0 Å². The number of hydrazone groups is 1. The third kappa shape index (κ3) is 3.25. The Balaban J connectivity index is 2.91. The number of rotatable bonds is 4. The smallest absolute Gasteiger partial charge is 0.369 e. The summed E-state index contributed by atoms with van der Waals surface area (Å²) >= 11 is 0. The van der Waals surface area contributed by atoms with Gasteiger partial charge < -0.3 is 4.74 Å². The fourth-order valence-electron chi connectivity index (χ4n) is 1.03. The van der Waals surface area contributed by atoms with Gasteiger partial charge in [0.25, 0.3) is 0 Å². The van der Waals surface area contributed by atoms with Crippen molar-refractivity contribution in [2.24, 2.45) is 5.10 Å². The van der Waals surface area contributed by atoms with E-state index in [1.807, 2.05) is 5.43 Å². The lowest BCUT2D eigenvalue weighted by Gasteiger charge is -2.04. The molecule has 7 heteroatoms. The van der Waals surface area contributed by atoms with Crippen molar-refractivity contribution in [1.82, 2.24) is 0 Å². The maximum absolute atomic E-state index is 13.2. The molecule has 0 bridgehead atoms. The lowest BCUT2D eigenvalue weighted by atomic mass is 10.3. The number of esters is 1. The summed E-state index contributed by atoms with van der Waals surface area (Å²) < 4.78 is 30.9. The average molecular weight is 253 g/mol. The first-order chi connectivity index (χ1) is 8.60. The quantitative estimate of drug-likeness (QED) is 0.504. The zero-order valence-electron chi connectivity index (χ0n) is 9.41. The predicted molar refractivity (Wildman–Crippen MR) is 59.7 cm³/mol. The average Bonchev–Trinajstić information content (AvgIpc) is 2.33. The fraction of sp³-hybridized carbons (Fsp3) is 0.182. The number of carbonyl (C=O) groups excluding carboxylic acids is 1. The largest absolute Gasteiger partial charge is 0.461 e. The van der Waals surface area contributed by atoms with Crippen LogP contribution < -0.4 is 5.43 Å². The molecule has 0 saturated heterocycles. The van der Waals surface area contributed by atoms with Crippen LogP contribution in [0.15, 0.2) is 23.3 Å². The van der Waals surface area contributed by atoms with Crippen LogP contribution in [0.2, 0.25) is 0 Å². The van der Waals surface area contributed by atoms with Crippen molar-refractivity contribution in [3.63, 3.8) is 0 Å². The molecule has 1 N–H and O–H groups in total. The van der Waals surface area contributed by atoms with Gasteiger partial charge in [-0.3, -0.25) is 5.43 Å². The molecule has 0 heterocycles. The van der Waals surface area contributed by atoms with Gasteiger partial charge in [0.2, 0.25) is 5.71 Å². The molecule has 94 valence electrons. The highest BCUT2D eigenvalue weighted by Crippen LogP contribution is 2.17. The molecule has 0 aliphatic heterocycles. The Hall–Kier alpha value is -2.49. The maximum Gasteiger partial charge on any atom is 0.369 e. The van der Waals surface area contributed by atoms with Gasteiger partial charge in [-0.2, -0.15) is 10.4 Å². The van der Waals surface area contributed by atoms with E-state index in [1.165, 1.54) is 12.1 Å². The number of halogens is 2. The first kappa shape index (κ1) is 13.6. The van der Waals surface area contributed by atoms with Gasteiger partial charge in [-0.15, -0.1) is 0 Å². The number of benzene rings is 1. The number of carbonyl (C=O) groups is 1. The van der Waals surface area contributed by atoms with Gasteiger partial charge in [0, 0.05) is 0 Å². The van der Waals surface area contributed by atoms with Crippen LogP contribution in [0.1, 0.15) is 6.92 Å². The molecule has 0 aliphatic rings. The highest BCUT2D eigenvalue weighted by atomic mass is 19.1. The highest BCUT2D eigenvalue weighted by molar-refractivity contribution is 6.43. The third-order valence-corrected chi connectivity index (χ3v) is 1.82. The summed E-state index contributed by atoms with van der Waals surface area (Å²) in [5.41, 5.74) is 0.814. The second-order valence-electron chi connectivity index (χ2n) is 3.00. The van der Waals surface area contributed by atoms with E-state index in [-0.39, 0.29) is 6.61 Å². The molecule has 0 saturated carbocycles. The van der Waals surface area contributed by atoms with Crippen molar-refractivity contribution >= 4 is 17.4 Å². The standard InChI is InChI=1S/C11H9F2N3O2/c1-2-18-11(17)9(6-14)15-16-10-7(12)4-3-5-8(10)13/h3-5,16H,2H2,1H3. The van der Waals surface area contributed by atoms with E-state index in [2.05, 4.69) is 9.84 Å². The highest BCUT2D eigenvalue weighted by Gasteiger charge is 2.13. The fourth-order valence-corrected chi connectivity index (χ4v) is 1.03. The normalized spacial score (nSPS) is 10.7. The van der Waals surface area contributed by atoms with Crippen molar-refractivity contribution in [3.05, 3.63) is 29.8 Å². The maximum atomic E-state index is 13.2. The Morgan fingerprint density at radius 3 is 2.61 bits per heavy atom. The van der Waals surface area contributed by atoms with Crippen LogP contribution in [-0.4, -0.2) is 18.3 Å². The van der Waals surface area contributed by atoms with Gasteiger partial charge in [0.15, 0.2) is 11.6 Å². The lowest BCUT2D eigenvalue weighted by Crippen LogP contribution is -2.17. The Morgan fingerprint density at radius 1 is 1.50 bits per heavy atom. The number of para-hydroxylation sites is 1. The summed E-state index contributed by atoms with van der Waals surface area (Å²) in [6.45, 7) is 1.62. The first-order valence-corrected chi connectivity index (χ1v) is 4.95. The van der Waals surface area contributed by atoms with E-state index in [9.17, 15) is 13.6 Å². The molecule has 1 rings (SSSR count). The second kappa shape index (κ2) is 6.30. The minimum atomic E-state index is -0.968. The molecule has 0 aliphatic carbocycles. The number of hydrogen-bond acceptors (Lipinski definition) is 5. The van der Waals surface area contributed by atoms with Crippen LogP contribution in [0, 0.1) is 23.0 Å². The van der Waals surface area contributed by atoms with E-state index >= 15 is 0 Å². The number of nitriles is 1. The molecule has 18 heavy (non-hydrogen) atoms. The number of ether oxygens (including phenoxy) is 1. The van der Waals surface area contributed by atoms with Gasteiger partial charge in [0.05, 0.1) is 6.61 Å². The summed E-state index contributed by atoms with van der Waals surface area (Å²) in [6.07, 6.45) is 0.